The van der Waals surface area contributed by atoms with Gasteiger partial charge in [-0.1, -0.05) is 13.0 Å². The predicted molar refractivity (Wildman–Crippen MR) is 96.0 cm³/mol. The highest BCUT2D eigenvalue weighted by molar-refractivity contribution is 5.40. The van der Waals surface area contributed by atoms with Crippen molar-refractivity contribution in [2.75, 3.05) is 6.54 Å². The van der Waals surface area contributed by atoms with E-state index in [1.807, 2.05) is 12.1 Å². The molecule has 4 rings (SSSR count). The first-order valence-corrected chi connectivity index (χ1v) is 9.73. The van der Waals surface area contributed by atoms with Crippen LogP contribution in [0.15, 0.2) is 18.2 Å². The number of fused-ring (bicyclic) bond motifs is 5. The Morgan fingerprint density at radius 3 is 2.83 bits per heavy atom. The number of phenolic OH excluding ortho intramolecular Hbond substituents is 1. The van der Waals surface area contributed by atoms with Crippen LogP contribution in [0, 0.1) is 17.3 Å². The minimum atomic E-state index is -0.517. The van der Waals surface area contributed by atoms with Crippen LogP contribution < -0.4 is 5.73 Å². The Morgan fingerprint density at radius 1 is 1.21 bits per heavy atom. The maximum atomic E-state index is 11.4. The highest BCUT2D eigenvalue weighted by Crippen LogP contribution is 2.65. The van der Waals surface area contributed by atoms with E-state index in [-0.39, 0.29) is 5.41 Å². The summed E-state index contributed by atoms with van der Waals surface area (Å²) in [5.41, 5.74) is 8.06. The summed E-state index contributed by atoms with van der Waals surface area (Å²) in [6, 6.07) is 5.96. The lowest BCUT2D eigenvalue weighted by Crippen LogP contribution is -2.50. The van der Waals surface area contributed by atoms with Gasteiger partial charge in [0.15, 0.2) is 0 Å². The molecular weight excluding hydrogens is 298 g/mol. The fourth-order valence-corrected chi connectivity index (χ4v) is 6.48. The van der Waals surface area contributed by atoms with E-state index in [0.29, 0.717) is 30.0 Å². The van der Waals surface area contributed by atoms with Gasteiger partial charge < -0.3 is 15.9 Å². The average Bonchev–Trinajstić information content (AvgIpc) is 2.84. The predicted octanol–water partition coefficient (Wildman–Crippen LogP) is 3.72. The van der Waals surface area contributed by atoms with Crippen LogP contribution in [0.1, 0.15) is 68.9 Å². The van der Waals surface area contributed by atoms with Crippen molar-refractivity contribution in [3.8, 4) is 5.75 Å². The van der Waals surface area contributed by atoms with Gasteiger partial charge in [0.05, 0.1) is 5.60 Å². The molecule has 3 aliphatic carbocycles. The fraction of sp³-hybridized carbons (Fsp3) is 0.714. The summed E-state index contributed by atoms with van der Waals surface area (Å²) in [5.74, 6) is 2.32. The Kier molecular flexibility index (Phi) is 3.92. The molecule has 0 saturated heterocycles. The number of nitrogens with two attached hydrogens (primary N) is 1. The third-order valence-corrected chi connectivity index (χ3v) is 7.83. The highest BCUT2D eigenvalue weighted by atomic mass is 16.3. The van der Waals surface area contributed by atoms with Crippen LogP contribution in [0.3, 0.4) is 0 Å². The summed E-state index contributed by atoms with van der Waals surface area (Å²) >= 11 is 0. The van der Waals surface area contributed by atoms with E-state index < -0.39 is 5.60 Å². The molecule has 1 aromatic rings. The van der Waals surface area contributed by atoms with Crippen molar-refractivity contribution in [2.45, 2.75) is 69.8 Å². The molecule has 0 bridgehead atoms. The van der Waals surface area contributed by atoms with Crippen LogP contribution in [-0.2, 0) is 6.42 Å². The molecule has 1 aromatic carbocycles. The van der Waals surface area contributed by atoms with Crippen LogP contribution >= 0.6 is 0 Å². The molecule has 0 aromatic heterocycles. The Balaban J connectivity index is 1.63. The molecule has 3 heteroatoms. The van der Waals surface area contributed by atoms with Gasteiger partial charge in [-0.3, -0.25) is 0 Å². The summed E-state index contributed by atoms with van der Waals surface area (Å²) in [5, 5.41) is 21.2. The summed E-state index contributed by atoms with van der Waals surface area (Å²) in [6.45, 7) is 3.02. The zero-order valence-corrected chi connectivity index (χ0v) is 14.8. The quantitative estimate of drug-likeness (QED) is 0.792. The van der Waals surface area contributed by atoms with Crippen molar-refractivity contribution in [3.05, 3.63) is 29.3 Å². The number of benzene rings is 1. The molecule has 0 unspecified atom stereocenters. The number of aryl methyl sites for hydroxylation is 1. The van der Waals surface area contributed by atoms with Crippen molar-refractivity contribution in [3.63, 3.8) is 0 Å². The average molecular weight is 329 g/mol. The molecule has 0 aliphatic heterocycles. The molecule has 2 fully saturated rings. The van der Waals surface area contributed by atoms with Crippen LogP contribution in [0.4, 0.5) is 0 Å². The molecule has 4 N–H and O–H groups in total. The van der Waals surface area contributed by atoms with Crippen molar-refractivity contribution < 1.29 is 10.2 Å². The Hall–Kier alpha value is -1.06. The van der Waals surface area contributed by atoms with Crippen LogP contribution in [-0.4, -0.2) is 22.4 Å². The number of phenols is 1. The molecule has 2 saturated carbocycles. The summed E-state index contributed by atoms with van der Waals surface area (Å²) < 4.78 is 0. The molecular formula is C21H31NO2. The van der Waals surface area contributed by atoms with Gasteiger partial charge in [0.2, 0.25) is 0 Å². The van der Waals surface area contributed by atoms with Gasteiger partial charge in [0.25, 0.3) is 0 Å². The maximum absolute atomic E-state index is 11.4. The minimum absolute atomic E-state index is 0.0533. The summed E-state index contributed by atoms with van der Waals surface area (Å²) in [6.07, 6.45) is 8.44. The standard InChI is InChI=1S/C21H31NO2/c1-20-10-7-17-16-6-4-15(23)13-14(16)3-5-18(17)19(20)8-11-21(20,24)9-2-12-22/h4,6,13,17-19,23-24H,2-3,5,7-12,22H2,1H3/t17-,18-,19+,20+,21+/m1/s1. The zero-order valence-electron chi connectivity index (χ0n) is 14.8. The second kappa shape index (κ2) is 5.74. The van der Waals surface area contributed by atoms with Gasteiger partial charge in [-0.25, -0.2) is 0 Å². The maximum Gasteiger partial charge on any atom is 0.115 e. The smallest absolute Gasteiger partial charge is 0.115 e. The number of aliphatic hydroxyl groups is 1. The largest absolute Gasteiger partial charge is 0.508 e. The Labute approximate surface area is 145 Å². The Bertz CT molecular complexity index is 630. The van der Waals surface area contributed by atoms with E-state index in [1.54, 1.807) is 0 Å². The van der Waals surface area contributed by atoms with E-state index in [9.17, 15) is 10.2 Å². The van der Waals surface area contributed by atoms with Crippen LogP contribution in [0.2, 0.25) is 0 Å². The third-order valence-electron chi connectivity index (χ3n) is 7.83. The molecule has 0 spiro atoms. The number of hydrogen-bond donors (Lipinski definition) is 3. The van der Waals surface area contributed by atoms with E-state index in [4.69, 9.17) is 5.73 Å². The first kappa shape index (κ1) is 16.4. The highest BCUT2D eigenvalue weighted by Gasteiger charge is 2.60. The normalized spacial score (nSPS) is 40.7. The van der Waals surface area contributed by atoms with Crippen molar-refractivity contribution >= 4 is 0 Å². The van der Waals surface area contributed by atoms with Crippen molar-refractivity contribution in [2.24, 2.45) is 23.0 Å². The summed E-state index contributed by atoms with van der Waals surface area (Å²) in [7, 11) is 0. The second-order valence-electron chi connectivity index (χ2n) is 8.72. The zero-order chi connectivity index (χ0) is 16.9. The lowest BCUT2D eigenvalue weighted by atomic mass is 9.53. The lowest BCUT2D eigenvalue weighted by molar-refractivity contribution is -0.107. The molecule has 3 nitrogen and oxygen atoms in total. The molecule has 0 heterocycles. The Morgan fingerprint density at radius 2 is 2.04 bits per heavy atom. The monoisotopic (exact) mass is 329 g/mol. The van der Waals surface area contributed by atoms with Gasteiger partial charge in [-0.05, 0) is 104 Å². The molecule has 24 heavy (non-hydrogen) atoms. The van der Waals surface area contributed by atoms with E-state index in [2.05, 4.69) is 13.0 Å². The number of aromatic hydroxyl groups is 1. The SMILES string of the molecule is C[C@]12CC[C@@H]3c4ccc(O)cc4CC[C@H]3[C@@H]1CC[C@@]2(O)CCCN. The van der Waals surface area contributed by atoms with Gasteiger partial charge in [0.1, 0.15) is 5.75 Å². The van der Waals surface area contributed by atoms with Crippen LogP contribution in [0.25, 0.3) is 0 Å². The molecule has 0 amide bonds. The van der Waals surface area contributed by atoms with Gasteiger partial charge in [-0.15, -0.1) is 0 Å². The number of rotatable bonds is 3. The van der Waals surface area contributed by atoms with Gasteiger partial charge in [-0.2, -0.15) is 0 Å². The topological polar surface area (TPSA) is 66.5 Å². The molecule has 0 radical (unpaired) electrons. The van der Waals surface area contributed by atoms with E-state index >= 15 is 0 Å². The van der Waals surface area contributed by atoms with Gasteiger partial charge in [0, 0.05) is 0 Å². The molecule has 3 aliphatic rings. The summed E-state index contributed by atoms with van der Waals surface area (Å²) in [4.78, 5) is 0. The first-order valence-electron chi connectivity index (χ1n) is 9.73. The second-order valence-corrected chi connectivity index (χ2v) is 8.72. The van der Waals surface area contributed by atoms with E-state index in [0.717, 1.165) is 38.5 Å². The first-order chi connectivity index (χ1) is 11.5. The minimum Gasteiger partial charge on any atom is -0.508 e. The van der Waals surface area contributed by atoms with Crippen LogP contribution in [0.5, 0.6) is 5.75 Å². The number of hydrogen-bond acceptors (Lipinski definition) is 3. The van der Waals surface area contributed by atoms with Gasteiger partial charge >= 0.3 is 0 Å². The van der Waals surface area contributed by atoms with E-state index in [1.165, 1.54) is 24.0 Å². The molecule has 132 valence electrons. The lowest BCUT2D eigenvalue weighted by Gasteiger charge is -2.53. The van der Waals surface area contributed by atoms with Crippen molar-refractivity contribution in [1.82, 2.24) is 0 Å². The molecule has 5 atom stereocenters. The fourth-order valence-electron chi connectivity index (χ4n) is 6.48. The third kappa shape index (κ3) is 2.24. The van der Waals surface area contributed by atoms with Crippen molar-refractivity contribution in [1.29, 1.82) is 0 Å².